The standard InChI is InChI=1S/C16H26N2S/c1-11-7-8-19-16(11)15(12(2)17)18(9-13-3-4-13)10-14-5-6-14/h7-8,12-15H,3-6,9-10,17H2,1-2H3. The molecule has 0 radical (unpaired) electrons. The fourth-order valence-corrected chi connectivity index (χ4v) is 4.17. The van der Waals surface area contributed by atoms with Crippen molar-refractivity contribution in [3.05, 3.63) is 21.9 Å². The fourth-order valence-electron chi connectivity index (χ4n) is 2.99. The first kappa shape index (κ1) is 13.6. The van der Waals surface area contributed by atoms with E-state index >= 15 is 0 Å². The molecule has 1 aromatic heterocycles. The monoisotopic (exact) mass is 278 g/mol. The van der Waals surface area contributed by atoms with Crippen molar-refractivity contribution >= 4 is 11.3 Å². The second-order valence-electron chi connectivity index (χ2n) is 6.61. The van der Waals surface area contributed by atoms with E-state index in [1.807, 2.05) is 11.3 Å². The molecule has 0 saturated heterocycles. The van der Waals surface area contributed by atoms with Crippen LogP contribution in [0.1, 0.15) is 49.1 Å². The highest BCUT2D eigenvalue weighted by atomic mass is 32.1. The van der Waals surface area contributed by atoms with Crippen molar-refractivity contribution in [3.8, 4) is 0 Å². The Morgan fingerprint density at radius 1 is 1.26 bits per heavy atom. The molecule has 19 heavy (non-hydrogen) atoms. The van der Waals surface area contributed by atoms with Crippen LogP contribution in [0.5, 0.6) is 0 Å². The smallest absolute Gasteiger partial charge is 0.0593 e. The quantitative estimate of drug-likeness (QED) is 0.826. The average Bonchev–Trinajstić information content (AvgIpc) is 3.24. The lowest BCUT2D eigenvalue weighted by molar-refractivity contribution is 0.163. The summed E-state index contributed by atoms with van der Waals surface area (Å²) in [5.74, 6) is 1.89. The number of thiophene rings is 1. The van der Waals surface area contributed by atoms with Crippen LogP contribution in [0.25, 0.3) is 0 Å². The van der Waals surface area contributed by atoms with Gasteiger partial charge in [-0.2, -0.15) is 0 Å². The molecular formula is C16H26N2S. The zero-order valence-electron chi connectivity index (χ0n) is 12.1. The van der Waals surface area contributed by atoms with Crippen molar-refractivity contribution in [2.75, 3.05) is 13.1 Å². The van der Waals surface area contributed by atoms with Crippen molar-refractivity contribution < 1.29 is 0 Å². The van der Waals surface area contributed by atoms with Crippen LogP contribution < -0.4 is 5.73 Å². The maximum Gasteiger partial charge on any atom is 0.0593 e. The molecule has 2 atom stereocenters. The van der Waals surface area contributed by atoms with Crippen molar-refractivity contribution in [1.29, 1.82) is 0 Å². The Morgan fingerprint density at radius 3 is 2.21 bits per heavy atom. The maximum absolute atomic E-state index is 6.35. The van der Waals surface area contributed by atoms with E-state index in [-0.39, 0.29) is 6.04 Å². The summed E-state index contributed by atoms with van der Waals surface area (Å²) in [6, 6.07) is 2.89. The molecule has 3 rings (SSSR count). The van der Waals surface area contributed by atoms with E-state index in [0.29, 0.717) is 6.04 Å². The molecule has 1 aromatic rings. The number of aryl methyl sites for hydroxylation is 1. The molecule has 0 amide bonds. The van der Waals surface area contributed by atoms with Crippen LogP contribution in [-0.4, -0.2) is 24.0 Å². The Balaban J connectivity index is 1.79. The number of hydrogen-bond donors (Lipinski definition) is 1. The van der Waals surface area contributed by atoms with Crippen LogP contribution in [-0.2, 0) is 0 Å². The fraction of sp³-hybridized carbons (Fsp3) is 0.750. The summed E-state index contributed by atoms with van der Waals surface area (Å²) in [5.41, 5.74) is 7.78. The van der Waals surface area contributed by atoms with Crippen molar-refractivity contribution in [1.82, 2.24) is 4.90 Å². The predicted octanol–water partition coefficient (Wildman–Crippen LogP) is 3.57. The normalized spacial score (nSPS) is 22.7. The van der Waals surface area contributed by atoms with Gasteiger partial charge in [-0.15, -0.1) is 11.3 Å². The topological polar surface area (TPSA) is 29.3 Å². The Hall–Kier alpha value is -0.380. The van der Waals surface area contributed by atoms with Crippen LogP contribution in [0.4, 0.5) is 0 Å². The molecule has 2 N–H and O–H groups in total. The minimum atomic E-state index is 0.217. The van der Waals surface area contributed by atoms with Crippen LogP contribution in [0.2, 0.25) is 0 Å². The van der Waals surface area contributed by atoms with Crippen LogP contribution in [0, 0.1) is 18.8 Å². The van der Waals surface area contributed by atoms with Gasteiger partial charge in [0.1, 0.15) is 0 Å². The van der Waals surface area contributed by atoms with E-state index in [2.05, 4.69) is 30.2 Å². The van der Waals surface area contributed by atoms with Gasteiger partial charge in [0.15, 0.2) is 0 Å². The van der Waals surface area contributed by atoms with Crippen LogP contribution in [0.15, 0.2) is 11.4 Å². The maximum atomic E-state index is 6.35. The summed E-state index contributed by atoms with van der Waals surface area (Å²) >= 11 is 1.89. The zero-order chi connectivity index (χ0) is 13.4. The van der Waals surface area contributed by atoms with E-state index in [4.69, 9.17) is 5.73 Å². The van der Waals surface area contributed by atoms with Crippen LogP contribution in [0.3, 0.4) is 0 Å². The van der Waals surface area contributed by atoms with Crippen LogP contribution >= 0.6 is 11.3 Å². The lowest BCUT2D eigenvalue weighted by Crippen LogP contribution is -2.41. The first-order valence-electron chi connectivity index (χ1n) is 7.68. The van der Waals surface area contributed by atoms with Gasteiger partial charge >= 0.3 is 0 Å². The molecule has 3 heteroatoms. The van der Waals surface area contributed by atoms with Gasteiger partial charge < -0.3 is 5.73 Å². The largest absolute Gasteiger partial charge is 0.326 e. The highest BCUT2D eigenvalue weighted by Gasteiger charge is 2.35. The number of nitrogens with zero attached hydrogens (tertiary/aromatic N) is 1. The third-order valence-corrected chi connectivity index (χ3v) is 5.53. The Bertz CT molecular complexity index is 404. The summed E-state index contributed by atoms with van der Waals surface area (Å²) in [4.78, 5) is 4.20. The molecule has 0 spiro atoms. The minimum absolute atomic E-state index is 0.217. The lowest BCUT2D eigenvalue weighted by Gasteiger charge is -2.34. The van der Waals surface area contributed by atoms with E-state index in [1.54, 1.807) is 0 Å². The molecule has 0 bridgehead atoms. The van der Waals surface area contributed by atoms with Crippen molar-refractivity contribution in [2.24, 2.45) is 17.6 Å². The summed E-state index contributed by atoms with van der Waals surface area (Å²) in [7, 11) is 0. The van der Waals surface area contributed by atoms with Gasteiger partial charge in [0, 0.05) is 24.0 Å². The Labute approximate surface area is 121 Å². The van der Waals surface area contributed by atoms with E-state index in [9.17, 15) is 0 Å². The molecule has 2 aliphatic rings. The molecule has 2 unspecified atom stereocenters. The van der Waals surface area contributed by atoms with Gasteiger partial charge in [0.05, 0.1) is 6.04 Å². The molecule has 2 fully saturated rings. The highest BCUT2D eigenvalue weighted by Crippen LogP contribution is 2.39. The molecular weight excluding hydrogens is 252 g/mol. The highest BCUT2D eigenvalue weighted by molar-refractivity contribution is 7.10. The van der Waals surface area contributed by atoms with Crippen molar-refractivity contribution in [2.45, 2.75) is 51.6 Å². The van der Waals surface area contributed by atoms with Gasteiger partial charge in [0.2, 0.25) is 0 Å². The molecule has 1 heterocycles. The third-order valence-electron chi connectivity index (χ3n) is 4.44. The first-order chi connectivity index (χ1) is 9.15. The average molecular weight is 278 g/mol. The number of rotatable bonds is 7. The van der Waals surface area contributed by atoms with Gasteiger partial charge in [-0.3, -0.25) is 4.90 Å². The minimum Gasteiger partial charge on any atom is -0.326 e. The summed E-state index contributed by atoms with van der Waals surface area (Å²) in [6.07, 6.45) is 5.71. The summed E-state index contributed by atoms with van der Waals surface area (Å²) < 4.78 is 0. The molecule has 2 saturated carbocycles. The van der Waals surface area contributed by atoms with Gasteiger partial charge in [-0.05, 0) is 68.4 Å². The number of hydrogen-bond acceptors (Lipinski definition) is 3. The molecule has 2 aliphatic carbocycles. The molecule has 0 aromatic carbocycles. The van der Waals surface area contributed by atoms with Gasteiger partial charge in [-0.25, -0.2) is 0 Å². The van der Waals surface area contributed by atoms with Crippen molar-refractivity contribution in [3.63, 3.8) is 0 Å². The second kappa shape index (κ2) is 5.55. The summed E-state index contributed by atoms with van der Waals surface area (Å²) in [5, 5.41) is 2.21. The lowest BCUT2D eigenvalue weighted by atomic mass is 10.0. The Morgan fingerprint density at radius 2 is 1.84 bits per heavy atom. The number of nitrogens with two attached hydrogens (primary N) is 1. The second-order valence-corrected chi connectivity index (χ2v) is 7.56. The summed E-state index contributed by atoms with van der Waals surface area (Å²) in [6.45, 7) is 6.93. The van der Waals surface area contributed by atoms with E-state index in [0.717, 1.165) is 11.8 Å². The van der Waals surface area contributed by atoms with E-state index < -0.39 is 0 Å². The SMILES string of the molecule is Cc1ccsc1C(C(C)N)N(CC1CC1)CC1CC1. The Kier molecular flexibility index (Phi) is 3.97. The third kappa shape index (κ3) is 3.39. The zero-order valence-corrected chi connectivity index (χ0v) is 13.0. The first-order valence-corrected chi connectivity index (χ1v) is 8.56. The predicted molar refractivity (Wildman–Crippen MR) is 82.5 cm³/mol. The van der Waals surface area contributed by atoms with E-state index in [1.165, 1.54) is 49.2 Å². The molecule has 2 nitrogen and oxygen atoms in total. The van der Waals surface area contributed by atoms with Gasteiger partial charge in [-0.1, -0.05) is 0 Å². The van der Waals surface area contributed by atoms with Gasteiger partial charge in [0.25, 0.3) is 0 Å². The molecule has 106 valence electrons. The molecule has 0 aliphatic heterocycles.